The van der Waals surface area contributed by atoms with E-state index < -0.39 is 32.5 Å². The molecule has 0 aliphatic carbocycles. The van der Waals surface area contributed by atoms with Crippen LogP contribution in [0, 0.1) is 0 Å². The molecule has 84 heavy (non-hydrogen) atoms. The number of unbranched alkanes of at least 4 members (excludes halogenated alkanes) is 19. The minimum atomic E-state index is -4.66. The van der Waals surface area contributed by atoms with E-state index >= 15 is 0 Å². The molecule has 476 valence electrons. The number of likely N-dealkylation sites (N-methyl/N-ethyl adjacent to an activating group) is 1. The number of ether oxygens (including phenoxy) is 2. The van der Waals surface area contributed by atoms with Crippen LogP contribution in [0.1, 0.15) is 245 Å². The van der Waals surface area contributed by atoms with E-state index in [9.17, 15) is 19.0 Å². The molecule has 0 saturated carbocycles. The summed E-state index contributed by atoms with van der Waals surface area (Å²) >= 11 is 0. The van der Waals surface area contributed by atoms with Gasteiger partial charge in [0.05, 0.1) is 27.7 Å². The Morgan fingerprint density at radius 1 is 0.369 bits per heavy atom. The van der Waals surface area contributed by atoms with Crippen LogP contribution in [0.5, 0.6) is 0 Å². The van der Waals surface area contributed by atoms with Crippen molar-refractivity contribution in [3.8, 4) is 0 Å². The molecule has 2 atom stereocenters. The SMILES string of the molecule is CC/C=C\C/C=C\C/C=C\C/C=C\C/C=C\C/C=C\C/C=C\C/C=C\C/C=C\CCCCCCCC(=O)OC(COC(=O)CCCCCCCCCCCCCCCC/C=C\C/C=C\C/C=C\C/C=C\CC)COP(=O)([O-])OCC[N+](C)(C)C. The van der Waals surface area contributed by atoms with Crippen molar-refractivity contribution in [2.45, 2.75) is 251 Å². The third-order valence-corrected chi connectivity index (χ3v) is 14.5. The normalized spacial score (nSPS) is 14.2. The second kappa shape index (κ2) is 63.1. The van der Waals surface area contributed by atoms with Crippen LogP contribution in [-0.4, -0.2) is 70.0 Å². The fraction of sp³-hybridized carbons (Fsp3) is 0.622. The number of carbonyl (C=O) groups excluding carboxylic acids is 2. The Bertz CT molecular complexity index is 1970. The van der Waals surface area contributed by atoms with Gasteiger partial charge < -0.3 is 27.9 Å². The molecule has 2 unspecified atom stereocenters. The second-order valence-corrected chi connectivity index (χ2v) is 24.1. The number of carbonyl (C=O) groups is 2. The van der Waals surface area contributed by atoms with E-state index in [0.717, 1.165) is 135 Å². The average molecular weight is 1180 g/mol. The lowest BCUT2D eigenvalue weighted by Gasteiger charge is -2.28. The van der Waals surface area contributed by atoms with Gasteiger partial charge in [-0.05, 0) is 122 Å². The molecule has 0 saturated heterocycles. The Morgan fingerprint density at radius 2 is 0.643 bits per heavy atom. The second-order valence-electron chi connectivity index (χ2n) is 22.7. The van der Waals surface area contributed by atoms with E-state index in [-0.39, 0.29) is 26.1 Å². The molecule has 0 N–H and O–H groups in total. The van der Waals surface area contributed by atoms with E-state index in [1.165, 1.54) is 77.0 Å². The summed E-state index contributed by atoms with van der Waals surface area (Å²) in [6.07, 6.45) is 94.4. The largest absolute Gasteiger partial charge is 0.756 e. The van der Waals surface area contributed by atoms with Crippen LogP contribution in [0.2, 0.25) is 0 Å². The van der Waals surface area contributed by atoms with Crippen LogP contribution in [0.4, 0.5) is 0 Å². The van der Waals surface area contributed by atoms with Gasteiger partial charge in [-0.1, -0.05) is 268 Å². The Labute approximate surface area is 516 Å². The van der Waals surface area contributed by atoms with Gasteiger partial charge in [-0.2, -0.15) is 0 Å². The van der Waals surface area contributed by atoms with Crippen molar-refractivity contribution in [1.82, 2.24) is 0 Å². The summed E-state index contributed by atoms with van der Waals surface area (Å²) in [5.74, 6) is -0.864. The van der Waals surface area contributed by atoms with Crippen LogP contribution >= 0.6 is 7.82 Å². The van der Waals surface area contributed by atoms with Crippen LogP contribution in [0.15, 0.2) is 158 Å². The van der Waals surface area contributed by atoms with Gasteiger partial charge >= 0.3 is 11.9 Å². The molecule has 0 aromatic carbocycles. The van der Waals surface area contributed by atoms with E-state index in [4.69, 9.17) is 18.5 Å². The lowest BCUT2D eigenvalue weighted by Crippen LogP contribution is -2.37. The lowest BCUT2D eigenvalue weighted by molar-refractivity contribution is -0.870. The third kappa shape index (κ3) is 66.8. The van der Waals surface area contributed by atoms with Gasteiger partial charge in [0.1, 0.15) is 19.8 Å². The van der Waals surface area contributed by atoms with Crippen molar-refractivity contribution in [2.75, 3.05) is 47.5 Å². The molecule has 0 spiro atoms. The highest BCUT2D eigenvalue weighted by Crippen LogP contribution is 2.38. The highest BCUT2D eigenvalue weighted by Gasteiger charge is 2.22. The Morgan fingerprint density at radius 3 is 0.952 bits per heavy atom. The van der Waals surface area contributed by atoms with Crippen molar-refractivity contribution in [3.63, 3.8) is 0 Å². The zero-order valence-electron chi connectivity index (χ0n) is 54.0. The number of phosphoric acid groups is 1. The molecule has 0 amide bonds. The molecule has 10 heteroatoms. The molecular formula is C74H122NO8P. The summed E-state index contributed by atoms with van der Waals surface area (Å²) in [6.45, 7) is 3.98. The molecule has 0 rings (SSSR count). The fourth-order valence-corrected chi connectivity index (χ4v) is 9.25. The summed E-state index contributed by atoms with van der Waals surface area (Å²) < 4.78 is 34.2. The predicted molar refractivity (Wildman–Crippen MR) is 360 cm³/mol. The van der Waals surface area contributed by atoms with Gasteiger partial charge in [-0.15, -0.1) is 0 Å². The molecule has 0 radical (unpaired) electrons. The summed E-state index contributed by atoms with van der Waals surface area (Å²) in [4.78, 5) is 38.0. The van der Waals surface area contributed by atoms with Crippen molar-refractivity contribution in [3.05, 3.63) is 158 Å². The standard InChI is InChI=1S/C74H122NO8P/c1-6-8-10-12-14-16-18-20-22-24-26-28-30-32-34-35-36-37-38-39-41-43-45-47-49-51-53-55-57-59-61-63-65-67-74(77)83-72(71-82-84(78,79)81-69-68-75(3,4)5)70-80-73(76)66-64-62-60-58-56-54-52-50-48-46-44-42-40-33-31-29-27-25-23-21-19-17-15-13-11-9-7-2/h8-11,14-17,20-23,26-29,32,34,36-37,39,41,45,47,51,53,72H,6-7,12-13,18-19,24-25,30-31,33,35,38,40,42-44,46,48-50,52,54-71H2,1-5H3/b10-8-,11-9-,16-14-,17-15-,22-20-,23-21-,28-26-,29-27-,34-32-,37-36-,41-39-,47-45-,53-51-. The Kier molecular flexibility index (Phi) is 59.9. The molecule has 0 aromatic heterocycles. The van der Waals surface area contributed by atoms with Crippen LogP contribution in [0.25, 0.3) is 0 Å². The van der Waals surface area contributed by atoms with Gasteiger partial charge in [0.15, 0.2) is 6.10 Å². The highest BCUT2D eigenvalue weighted by atomic mass is 31.2. The van der Waals surface area contributed by atoms with Crippen molar-refractivity contribution < 1.29 is 42.1 Å². The molecule has 0 aliphatic rings. The number of allylic oxidation sites excluding steroid dienone is 26. The number of hydrogen-bond acceptors (Lipinski definition) is 8. The summed E-state index contributed by atoms with van der Waals surface area (Å²) in [7, 11) is 1.13. The minimum absolute atomic E-state index is 0.0433. The maximum Gasteiger partial charge on any atom is 0.306 e. The van der Waals surface area contributed by atoms with Gasteiger partial charge in [-0.3, -0.25) is 14.2 Å². The first-order chi connectivity index (χ1) is 41.0. The molecule has 0 aromatic rings. The monoisotopic (exact) mass is 1180 g/mol. The first-order valence-electron chi connectivity index (χ1n) is 33.2. The van der Waals surface area contributed by atoms with Crippen molar-refractivity contribution in [1.29, 1.82) is 0 Å². The van der Waals surface area contributed by atoms with Gasteiger partial charge in [-0.25, -0.2) is 0 Å². The fourth-order valence-electron chi connectivity index (χ4n) is 8.52. The van der Waals surface area contributed by atoms with Crippen LogP contribution in [-0.2, 0) is 32.7 Å². The van der Waals surface area contributed by atoms with Gasteiger partial charge in [0.2, 0.25) is 0 Å². The Hall–Kier alpha value is -4.37. The quantitative estimate of drug-likeness (QED) is 0.0195. The maximum absolute atomic E-state index is 12.8. The summed E-state index contributed by atoms with van der Waals surface area (Å²) in [5.41, 5.74) is 0. The topological polar surface area (TPSA) is 111 Å². The van der Waals surface area contributed by atoms with Gasteiger partial charge in [0, 0.05) is 12.8 Å². The number of rotatable bonds is 59. The van der Waals surface area contributed by atoms with E-state index in [1.54, 1.807) is 0 Å². The zero-order chi connectivity index (χ0) is 61.2. The van der Waals surface area contributed by atoms with Crippen LogP contribution in [0.3, 0.4) is 0 Å². The summed E-state index contributed by atoms with van der Waals surface area (Å²) in [5, 5.41) is 0. The molecule has 0 heterocycles. The lowest BCUT2D eigenvalue weighted by atomic mass is 10.0. The molecule has 0 fully saturated rings. The zero-order valence-corrected chi connectivity index (χ0v) is 54.9. The number of hydrogen-bond donors (Lipinski definition) is 0. The number of nitrogens with zero attached hydrogens (tertiary/aromatic N) is 1. The van der Waals surface area contributed by atoms with Crippen molar-refractivity contribution in [2.24, 2.45) is 0 Å². The maximum atomic E-state index is 12.8. The van der Waals surface area contributed by atoms with Gasteiger partial charge in [0.25, 0.3) is 7.82 Å². The minimum Gasteiger partial charge on any atom is -0.756 e. The first-order valence-corrected chi connectivity index (χ1v) is 34.7. The smallest absolute Gasteiger partial charge is 0.306 e. The number of phosphoric ester groups is 1. The predicted octanol–water partition coefficient (Wildman–Crippen LogP) is 21.0. The number of quaternary nitrogens is 1. The molecule has 0 bridgehead atoms. The molecule has 0 aliphatic heterocycles. The third-order valence-electron chi connectivity index (χ3n) is 13.5. The molecule has 9 nitrogen and oxygen atoms in total. The Balaban J connectivity index is 4.19. The van der Waals surface area contributed by atoms with Crippen LogP contribution < -0.4 is 4.89 Å². The van der Waals surface area contributed by atoms with E-state index in [0.29, 0.717) is 17.4 Å². The highest BCUT2D eigenvalue weighted by molar-refractivity contribution is 7.45. The molecular weight excluding hydrogens is 1060 g/mol. The first kappa shape index (κ1) is 79.6. The summed E-state index contributed by atoms with van der Waals surface area (Å²) in [6, 6.07) is 0. The number of esters is 2. The van der Waals surface area contributed by atoms with Crippen molar-refractivity contribution >= 4 is 19.8 Å². The van der Waals surface area contributed by atoms with E-state index in [1.807, 2.05) is 21.1 Å². The average Bonchev–Trinajstić information content (AvgIpc) is 3.61. The van der Waals surface area contributed by atoms with E-state index in [2.05, 4.69) is 172 Å².